The quantitative estimate of drug-likeness (QED) is 0.550. The highest BCUT2D eigenvalue weighted by atomic mass is 16.7. The molecule has 0 spiro atoms. The van der Waals surface area contributed by atoms with E-state index < -0.39 is 0 Å². The molecule has 2 saturated heterocycles. The van der Waals surface area contributed by atoms with Crippen LogP contribution in [0.4, 0.5) is 17.3 Å². The van der Waals surface area contributed by atoms with Crippen molar-refractivity contribution in [2.24, 2.45) is 0 Å². The Labute approximate surface area is 167 Å². The van der Waals surface area contributed by atoms with Gasteiger partial charge in [0.05, 0.1) is 4.92 Å². The second-order valence-corrected chi connectivity index (χ2v) is 7.42. The smallest absolute Gasteiger partial charge is 0.353 e. The third kappa shape index (κ3) is 3.39. The number of hydrogen-bond donors (Lipinski definition) is 0. The van der Waals surface area contributed by atoms with Crippen molar-refractivity contribution in [1.82, 2.24) is 14.9 Å². The number of benzene rings is 1. The van der Waals surface area contributed by atoms with Crippen LogP contribution in [0, 0.1) is 10.1 Å². The standard InChI is InChI=1S/C19H22N6O4/c26-25(27)17-18(23-4-1-5-23)20-12-21-19(17)24-8-6-22(7-9-24)11-14-2-3-15-16(10-14)29-13-28-15/h2-3,10,12H,1,4-9,11,13H2. The molecule has 0 saturated carbocycles. The molecule has 3 aliphatic heterocycles. The van der Waals surface area contributed by atoms with Gasteiger partial charge in [0, 0.05) is 45.8 Å². The monoisotopic (exact) mass is 398 g/mol. The second-order valence-electron chi connectivity index (χ2n) is 7.42. The SMILES string of the molecule is O=[N+]([O-])c1c(N2CCC2)ncnc1N1CCN(Cc2ccc3c(c2)OCO3)CC1. The number of nitro groups is 1. The molecule has 0 radical (unpaired) electrons. The number of rotatable bonds is 5. The van der Waals surface area contributed by atoms with E-state index in [9.17, 15) is 10.1 Å². The third-order valence-electron chi connectivity index (χ3n) is 5.64. The summed E-state index contributed by atoms with van der Waals surface area (Å²) in [5, 5.41) is 11.8. The fourth-order valence-corrected chi connectivity index (χ4v) is 3.93. The molecule has 2 fully saturated rings. The molecule has 10 nitrogen and oxygen atoms in total. The van der Waals surface area contributed by atoms with E-state index in [0.29, 0.717) is 24.7 Å². The number of piperazine rings is 1. The van der Waals surface area contributed by atoms with E-state index in [4.69, 9.17) is 9.47 Å². The van der Waals surface area contributed by atoms with E-state index in [1.807, 2.05) is 21.9 Å². The van der Waals surface area contributed by atoms with Gasteiger partial charge in [0.2, 0.25) is 18.4 Å². The van der Waals surface area contributed by atoms with Crippen molar-refractivity contribution in [3.8, 4) is 11.5 Å². The molecule has 2 aromatic rings. The van der Waals surface area contributed by atoms with E-state index in [0.717, 1.165) is 56.2 Å². The molecule has 10 heteroatoms. The van der Waals surface area contributed by atoms with Crippen LogP contribution in [0.5, 0.6) is 11.5 Å². The summed E-state index contributed by atoms with van der Waals surface area (Å²) in [6.45, 7) is 5.65. The zero-order valence-corrected chi connectivity index (χ0v) is 16.0. The summed E-state index contributed by atoms with van der Waals surface area (Å²) in [5.41, 5.74) is 1.19. The zero-order valence-electron chi connectivity index (χ0n) is 16.0. The van der Waals surface area contributed by atoms with E-state index in [2.05, 4.69) is 20.9 Å². The van der Waals surface area contributed by atoms with E-state index in [1.165, 1.54) is 6.33 Å². The Bertz CT molecular complexity index is 927. The molecule has 0 amide bonds. The van der Waals surface area contributed by atoms with Crippen LogP contribution in [0.25, 0.3) is 0 Å². The molecule has 0 unspecified atom stereocenters. The van der Waals surface area contributed by atoms with Gasteiger partial charge in [-0.2, -0.15) is 0 Å². The molecular formula is C19H22N6O4. The Kier molecular flexibility index (Phi) is 4.55. The Morgan fingerprint density at radius 2 is 1.66 bits per heavy atom. The Morgan fingerprint density at radius 3 is 2.31 bits per heavy atom. The fraction of sp³-hybridized carbons (Fsp3) is 0.474. The zero-order chi connectivity index (χ0) is 19.8. The minimum Gasteiger partial charge on any atom is -0.454 e. The lowest BCUT2D eigenvalue weighted by molar-refractivity contribution is -0.383. The molecule has 29 heavy (non-hydrogen) atoms. The molecule has 3 aliphatic rings. The van der Waals surface area contributed by atoms with Crippen molar-refractivity contribution in [1.29, 1.82) is 0 Å². The van der Waals surface area contributed by atoms with Gasteiger partial charge < -0.3 is 19.3 Å². The number of hydrogen-bond acceptors (Lipinski definition) is 9. The minimum atomic E-state index is -0.345. The van der Waals surface area contributed by atoms with E-state index in [-0.39, 0.29) is 17.4 Å². The first-order chi connectivity index (χ1) is 14.2. The summed E-state index contributed by atoms with van der Waals surface area (Å²) >= 11 is 0. The maximum absolute atomic E-state index is 11.8. The lowest BCUT2D eigenvalue weighted by atomic mass is 10.1. The molecule has 1 aromatic heterocycles. The molecule has 4 heterocycles. The maximum Gasteiger partial charge on any atom is 0.353 e. The van der Waals surface area contributed by atoms with Crippen LogP contribution in [-0.2, 0) is 6.54 Å². The van der Waals surface area contributed by atoms with Crippen molar-refractivity contribution in [3.63, 3.8) is 0 Å². The molecule has 1 aromatic carbocycles. The van der Waals surface area contributed by atoms with Gasteiger partial charge in [0.15, 0.2) is 11.5 Å². The lowest BCUT2D eigenvalue weighted by Gasteiger charge is -2.36. The fourth-order valence-electron chi connectivity index (χ4n) is 3.93. The van der Waals surface area contributed by atoms with Crippen LogP contribution in [-0.4, -0.2) is 65.9 Å². The van der Waals surface area contributed by atoms with E-state index in [1.54, 1.807) is 0 Å². The van der Waals surface area contributed by atoms with Gasteiger partial charge in [-0.3, -0.25) is 15.0 Å². The molecule has 0 atom stereocenters. The number of ether oxygens (including phenoxy) is 2. The van der Waals surface area contributed by atoms with Gasteiger partial charge >= 0.3 is 5.69 Å². The predicted molar refractivity (Wildman–Crippen MR) is 106 cm³/mol. The van der Waals surface area contributed by atoms with Crippen LogP contribution in [0.1, 0.15) is 12.0 Å². The van der Waals surface area contributed by atoms with Gasteiger partial charge in [-0.25, -0.2) is 9.97 Å². The average molecular weight is 398 g/mol. The van der Waals surface area contributed by atoms with Crippen LogP contribution in [0.15, 0.2) is 24.5 Å². The topological polar surface area (TPSA) is 97.1 Å². The van der Waals surface area contributed by atoms with Crippen molar-refractivity contribution in [2.45, 2.75) is 13.0 Å². The number of aromatic nitrogens is 2. The Hall–Kier alpha value is -3.14. The molecule has 0 aliphatic carbocycles. The van der Waals surface area contributed by atoms with E-state index >= 15 is 0 Å². The van der Waals surface area contributed by atoms with Crippen molar-refractivity contribution < 1.29 is 14.4 Å². The van der Waals surface area contributed by atoms with Crippen LogP contribution < -0.4 is 19.3 Å². The highest BCUT2D eigenvalue weighted by Gasteiger charge is 2.33. The van der Waals surface area contributed by atoms with Crippen LogP contribution in [0.2, 0.25) is 0 Å². The predicted octanol–water partition coefficient (Wildman–Crippen LogP) is 1.65. The van der Waals surface area contributed by atoms with Gasteiger partial charge in [-0.1, -0.05) is 6.07 Å². The Morgan fingerprint density at radius 1 is 0.966 bits per heavy atom. The molecular weight excluding hydrogens is 376 g/mol. The maximum atomic E-state index is 11.8. The number of nitrogens with zero attached hydrogens (tertiary/aromatic N) is 6. The summed E-state index contributed by atoms with van der Waals surface area (Å²) in [4.78, 5) is 26.2. The van der Waals surface area contributed by atoms with Gasteiger partial charge in [0.25, 0.3) is 0 Å². The first-order valence-electron chi connectivity index (χ1n) is 9.79. The summed E-state index contributed by atoms with van der Waals surface area (Å²) in [6, 6.07) is 6.01. The number of anilines is 2. The average Bonchev–Trinajstić information content (AvgIpc) is 3.15. The van der Waals surface area contributed by atoms with Crippen molar-refractivity contribution in [3.05, 3.63) is 40.2 Å². The van der Waals surface area contributed by atoms with Crippen molar-refractivity contribution in [2.75, 3.05) is 55.9 Å². The molecule has 5 rings (SSSR count). The molecule has 152 valence electrons. The van der Waals surface area contributed by atoms with Crippen LogP contribution >= 0.6 is 0 Å². The minimum absolute atomic E-state index is 0.0245. The second kappa shape index (κ2) is 7.36. The third-order valence-corrected chi connectivity index (χ3v) is 5.64. The van der Waals surface area contributed by atoms with Crippen molar-refractivity contribution >= 4 is 17.3 Å². The Balaban J connectivity index is 1.28. The largest absolute Gasteiger partial charge is 0.454 e. The summed E-state index contributed by atoms with van der Waals surface area (Å²) in [6.07, 6.45) is 2.48. The highest BCUT2D eigenvalue weighted by Crippen LogP contribution is 2.36. The summed E-state index contributed by atoms with van der Waals surface area (Å²) < 4.78 is 10.8. The highest BCUT2D eigenvalue weighted by molar-refractivity contribution is 5.72. The first kappa shape index (κ1) is 17.9. The van der Waals surface area contributed by atoms with Gasteiger partial charge in [0.1, 0.15) is 6.33 Å². The first-order valence-corrected chi connectivity index (χ1v) is 9.79. The molecule has 0 N–H and O–H groups in total. The number of fused-ring (bicyclic) bond motifs is 1. The molecule has 0 bridgehead atoms. The normalized spacial score (nSPS) is 18.6. The summed E-state index contributed by atoms with van der Waals surface area (Å²) in [7, 11) is 0. The van der Waals surface area contributed by atoms with Gasteiger partial charge in [-0.15, -0.1) is 0 Å². The van der Waals surface area contributed by atoms with Crippen LogP contribution in [0.3, 0.4) is 0 Å². The van der Waals surface area contributed by atoms with Gasteiger partial charge in [-0.05, 0) is 24.1 Å². The summed E-state index contributed by atoms with van der Waals surface area (Å²) in [5.74, 6) is 2.44. The lowest BCUT2D eigenvalue weighted by Crippen LogP contribution is -2.46.